The van der Waals surface area contributed by atoms with Crippen molar-refractivity contribution in [2.24, 2.45) is 5.92 Å². The van der Waals surface area contributed by atoms with Crippen LogP contribution in [-0.4, -0.2) is 18.2 Å². The van der Waals surface area contributed by atoms with Gasteiger partial charge >= 0.3 is 5.97 Å². The number of carboxylic acids is 1. The fourth-order valence-corrected chi connectivity index (χ4v) is 2.06. The van der Waals surface area contributed by atoms with E-state index in [1.807, 2.05) is 25.1 Å². The standard InChI is InChI=1S/C12H14O3/c1-7-4-3-5-8(11(7)15-2)9-6-10(9)12(13)14/h3-5,9-10H,6H2,1-2H3,(H,13,14). The number of rotatable bonds is 3. The van der Waals surface area contributed by atoms with Gasteiger partial charge in [0.25, 0.3) is 0 Å². The van der Waals surface area contributed by atoms with Crippen molar-refractivity contribution < 1.29 is 14.6 Å². The molecule has 0 heterocycles. The maximum Gasteiger partial charge on any atom is 0.307 e. The molecule has 0 saturated heterocycles. The summed E-state index contributed by atoms with van der Waals surface area (Å²) in [5.41, 5.74) is 2.09. The van der Waals surface area contributed by atoms with Crippen molar-refractivity contribution in [2.45, 2.75) is 19.3 Å². The lowest BCUT2D eigenvalue weighted by Crippen LogP contribution is -2.00. The summed E-state index contributed by atoms with van der Waals surface area (Å²) in [6.07, 6.45) is 0.731. The number of benzene rings is 1. The average Bonchev–Trinajstić information content (AvgIpc) is 2.96. The molecule has 1 aliphatic rings. The predicted octanol–water partition coefficient (Wildman–Crippen LogP) is 2.19. The molecule has 0 aromatic heterocycles. The van der Waals surface area contributed by atoms with E-state index in [0.29, 0.717) is 0 Å². The summed E-state index contributed by atoms with van der Waals surface area (Å²) >= 11 is 0. The molecule has 0 amide bonds. The average molecular weight is 206 g/mol. The number of hydrogen-bond donors (Lipinski definition) is 1. The van der Waals surface area contributed by atoms with E-state index >= 15 is 0 Å². The zero-order valence-corrected chi connectivity index (χ0v) is 8.86. The Morgan fingerprint density at radius 3 is 2.80 bits per heavy atom. The first-order chi connectivity index (χ1) is 7.15. The Hall–Kier alpha value is -1.51. The fourth-order valence-electron chi connectivity index (χ4n) is 2.06. The third-order valence-corrected chi connectivity index (χ3v) is 2.95. The lowest BCUT2D eigenvalue weighted by Gasteiger charge is -2.10. The summed E-state index contributed by atoms with van der Waals surface area (Å²) in [5.74, 6) is 0.0489. The molecule has 1 aliphatic carbocycles. The highest BCUT2D eigenvalue weighted by molar-refractivity contribution is 5.75. The third kappa shape index (κ3) is 1.69. The second-order valence-corrected chi connectivity index (χ2v) is 3.98. The van der Waals surface area contributed by atoms with Crippen molar-refractivity contribution in [1.82, 2.24) is 0 Å². The minimum absolute atomic E-state index is 0.136. The van der Waals surface area contributed by atoms with E-state index in [1.165, 1.54) is 0 Å². The van der Waals surface area contributed by atoms with Gasteiger partial charge in [0.15, 0.2) is 0 Å². The quantitative estimate of drug-likeness (QED) is 0.824. The van der Waals surface area contributed by atoms with Crippen molar-refractivity contribution in [2.75, 3.05) is 7.11 Å². The first-order valence-electron chi connectivity index (χ1n) is 5.01. The predicted molar refractivity (Wildman–Crippen MR) is 56.2 cm³/mol. The molecular weight excluding hydrogens is 192 g/mol. The van der Waals surface area contributed by atoms with E-state index in [-0.39, 0.29) is 11.8 Å². The number of methoxy groups -OCH3 is 1. The number of carbonyl (C=O) groups is 1. The fraction of sp³-hybridized carbons (Fsp3) is 0.417. The lowest BCUT2D eigenvalue weighted by molar-refractivity contribution is -0.138. The van der Waals surface area contributed by atoms with Crippen LogP contribution in [0.1, 0.15) is 23.5 Å². The Bertz CT molecular complexity index is 398. The summed E-state index contributed by atoms with van der Waals surface area (Å²) in [7, 11) is 1.63. The van der Waals surface area contributed by atoms with E-state index in [1.54, 1.807) is 7.11 Å². The molecule has 3 nitrogen and oxygen atoms in total. The maximum absolute atomic E-state index is 10.8. The second-order valence-electron chi connectivity index (χ2n) is 3.98. The molecule has 80 valence electrons. The van der Waals surface area contributed by atoms with E-state index in [0.717, 1.165) is 23.3 Å². The number of ether oxygens (including phenoxy) is 1. The van der Waals surface area contributed by atoms with E-state index in [2.05, 4.69) is 0 Å². The van der Waals surface area contributed by atoms with Crippen LogP contribution in [0.4, 0.5) is 0 Å². The van der Waals surface area contributed by atoms with Crippen molar-refractivity contribution >= 4 is 5.97 Å². The Morgan fingerprint density at radius 2 is 2.27 bits per heavy atom. The summed E-state index contributed by atoms with van der Waals surface area (Å²) in [4.78, 5) is 10.8. The van der Waals surface area contributed by atoms with Gasteiger partial charge in [-0.15, -0.1) is 0 Å². The second kappa shape index (κ2) is 3.57. The Morgan fingerprint density at radius 1 is 1.53 bits per heavy atom. The molecule has 1 saturated carbocycles. The smallest absolute Gasteiger partial charge is 0.307 e. The van der Waals surface area contributed by atoms with Gasteiger partial charge in [0.2, 0.25) is 0 Å². The van der Waals surface area contributed by atoms with E-state index in [4.69, 9.17) is 9.84 Å². The Labute approximate surface area is 88.7 Å². The van der Waals surface area contributed by atoms with Crippen LogP contribution in [0.3, 0.4) is 0 Å². The molecule has 2 atom stereocenters. The van der Waals surface area contributed by atoms with Gasteiger partial charge < -0.3 is 9.84 Å². The summed E-state index contributed by atoms with van der Waals surface area (Å²) in [6, 6.07) is 5.88. The van der Waals surface area contributed by atoms with Crippen LogP contribution in [0.15, 0.2) is 18.2 Å². The van der Waals surface area contributed by atoms with Gasteiger partial charge in [0.1, 0.15) is 5.75 Å². The highest BCUT2D eigenvalue weighted by Gasteiger charge is 2.45. The molecule has 0 aliphatic heterocycles. The largest absolute Gasteiger partial charge is 0.496 e. The first-order valence-corrected chi connectivity index (χ1v) is 5.01. The third-order valence-electron chi connectivity index (χ3n) is 2.95. The molecule has 0 bridgehead atoms. The molecule has 15 heavy (non-hydrogen) atoms. The van der Waals surface area contributed by atoms with Crippen molar-refractivity contribution in [3.63, 3.8) is 0 Å². The lowest BCUT2D eigenvalue weighted by atomic mass is 10.0. The first kappa shape index (κ1) is 10.0. The normalized spacial score (nSPS) is 23.6. The van der Waals surface area contributed by atoms with Crippen LogP contribution in [0, 0.1) is 12.8 Å². The monoisotopic (exact) mass is 206 g/mol. The van der Waals surface area contributed by atoms with Gasteiger partial charge in [-0.25, -0.2) is 0 Å². The molecule has 1 aromatic carbocycles. The molecule has 3 heteroatoms. The van der Waals surface area contributed by atoms with Gasteiger partial charge in [-0.2, -0.15) is 0 Å². The zero-order chi connectivity index (χ0) is 11.0. The molecule has 0 radical (unpaired) electrons. The summed E-state index contributed by atoms with van der Waals surface area (Å²) in [5, 5.41) is 8.88. The van der Waals surface area contributed by atoms with Gasteiger partial charge in [-0.05, 0) is 24.5 Å². The van der Waals surface area contributed by atoms with Crippen LogP contribution in [0.25, 0.3) is 0 Å². The van der Waals surface area contributed by atoms with Crippen LogP contribution in [0.2, 0.25) is 0 Å². The number of carboxylic acid groups (broad SMARTS) is 1. The summed E-state index contributed by atoms with van der Waals surface area (Å²) < 4.78 is 5.31. The van der Waals surface area contributed by atoms with Crippen LogP contribution < -0.4 is 4.74 Å². The molecule has 0 spiro atoms. The van der Waals surface area contributed by atoms with Crippen LogP contribution >= 0.6 is 0 Å². The zero-order valence-electron chi connectivity index (χ0n) is 8.86. The maximum atomic E-state index is 10.8. The Kier molecular flexibility index (Phi) is 2.39. The topological polar surface area (TPSA) is 46.5 Å². The van der Waals surface area contributed by atoms with Gasteiger partial charge in [-0.3, -0.25) is 4.79 Å². The minimum Gasteiger partial charge on any atom is -0.496 e. The Balaban J connectivity index is 2.30. The van der Waals surface area contributed by atoms with Crippen molar-refractivity contribution in [3.05, 3.63) is 29.3 Å². The SMILES string of the molecule is COc1c(C)cccc1C1CC1C(=O)O. The van der Waals surface area contributed by atoms with E-state index < -0.39 is 5.97 Å². The summed E-state index contributed by atoms with van der Waals surface area (Å²) in [6.45, 7) is 1.97. The molecule has 1 fully saturated rings. The highest BCUT2D eigenvalue weighted by atomic mass is 16.5. The van der Waals surface area contributed by atoms with Gasteiger partial charge in [-0.1, -0.05) is 18.2 Å². The van der Waals surface area contributed by atoms with E-state index in [9.17, 15) is 4.79 Å². The van der Waals surface area contributed by atoms with Crippen LogP contribution in [0.5, 0.6) is 5.75 Å². The molecule has 2 unspecified atom stereocenters. The molecular formula is C12H14O3. The van der Waals surface area contributed by atoms with Crippen molar-refractivity contribution in [1.29, 1.82) is 0 Å². The molecule has 2 rings (SSSR count). The highest BCUT2D eigenvalue weighted by Crippen LogP contribution is 2.50. The number of para-hydroxylation sites is 1. The molecule has 1 aromatic rings. The van der Waals surface area contributed by atoms with Crippen molar-refractivity contribution in [3.8, 4) is 5.75 Å². The number of aryl methyl sites for hydroxylation is 1. The number of aliphatic carboxylic acids is 1. The minimum atomic E-state index is -0.705. The number of hydrogen-bond acceptors (Lipinski definition) is 2. The van der Waals surface area contributed by atoms with Gasteiger partial charge in [0, 0.05) is 5.92 Å². The van der Waals surface area contributed by atoms with Gasteiger partial charge in [0.05, 0.1) is 13.0 Å². The van der Waals surface area contributed by atoms with Crippen LogP contribution in [-0.2, 0) is 4.79 Å². The molecule has 1 N–H and O–H groups in total.